The molecule has 0 radical (unpaired) electrons. The van der Waals surface area contributed by atoms with Gasteiger partial charge in [0, 0.05) is 42.2 Å². The van der Waals surface area contributed by atoms with E-state index in [4.69, 9.17) is 0 Å². The molecule has 0 atom stereocenters. The third-order valence-corrected chi connectivity index (χ3v) is 6.19. The first-order valence-corrected chi connectivity index (χ1v) is 11.4. The second kappa shape index (κ2) is 10.9. The maximum Gasteiger partial charge on any atom is 0.251 e. The zero-order valence-electron chi connectivity index (χ0n) is 17.5. The molecule has 1 aliphatic carbocycles. The van der Waals surface area contributed by atoms with Gasteiger partial charge in [-0.1, -0.05) is 25.3 Å². The number of hydrogen-bond donors (Lipinski definition) is 3. The van der Waals surface area contributed by atoms with E-state index in [1.165, 1.54) is 11.3 Å². The summed E-state index contributed by atoms with van der Waals surface area (Å²) in [5, 5.41) is 10.9. The maximum atomic E-state index is 12.8. The van der Waals surface area contributed by atoms with Gasteiger partial charge in [0.25, 0.3) is 5.91 Å². The molecule has 0 aliphatic heterocycles. The van der Waals surface area contributed by atoms with Crippen LogP contribution in [0.25, 0.3) is 0 Å². The molecule has 31 heavy (non-hydrogen) atoms. The fourth-order valence-corrected chi connectivity index (χ4v) is 4.57. The predicted octanol–water partition coefficient (Wildman–Crippen LogP) is 4.37. The molecule has 0 spiro atoms. The molecule has 3 N–H and O–H groups in total. The molecular formula is C23H28N4O3S. The number of aromatic nitrogens is 1. The molecule has 1 aromatic carbocycles. The number of hydrogen-bond acceptors (Lipinski definition) is 5. The molecule has 2 aromatic rings. The third kappa shape index (κ3) is 6.75. The Balaban J connectivity index is 1.59. The Hall–Kier alpha value is -3.00. The number of amides is 3. The fraction of sp³-hybridized carbons (Fsp3) is 0.391. The first-order valence-electron chi connectivity index (χ1n) is 10.5. The van der Waals surface area contributed by atoms with Gasteiger partial charge in [0.1, 0.15) is 0 Å². The molecule has 8 heteroatoms. The smallest absolute Gasteiger partial charge is 0.251 e. The summed E-state index contributed by atoms with van der Waals surface area (Å²) < 4.78 is 0. The molecule has 1 fully saturated rings. The van der Waals surface area contributed by atoms with E-state index in [9.17, 15) is 14.4 Å². The van der Waals surface area contributed by atoms with Gasteiger partial charge in [-0.05, 0) is 42.5 Å². The largest absolute Gasteiger partial charge is 0.349 e. The summed E-state index contributed by atoms with van der Waals surface area (Å²) in [5.41, 5.74) is 0.805. The van der Waals surface area contributed by atoms with E-state index in [0.717, 1.165) is 32.1 Å². The highest BCUT2D eigenvalue weighted by molar-refractivity contribution is 7.13. The standard InChI is InChI=1S/C23H28N4O3S/c1-2-12-24-21(30)17-6-8-18(9-7-17)26-19(28)15-23(10-4-3-5-11-23)16-20(29)27-22-25-13-14-31-22/h2,6-9,13-14H,1,3-5,10-12,15-16H2,(H,24,30)(H,26,28)(H,25,27,29). The summed E-state index contributed by atoms with van der Waals surface area (Å²) in [5.74, 6) is -0.405. The molecule has 0 saturated heterocycles. The van der Waals surface area contributed by atoms with Crippen molar-refractivity contribution in [2.45, 2.75) is 44.9 Å². The molecule has 164 valence electrons. The number of nitrogens with zero attached hydrogens (tertiary/aromatic N) is 1. The lowest BCUT2D eigenvalue weighted by Gasteiger charge is -2.36. The Morgan fingerprint density at radius 3 is 2.32 bits per heavy atom. The quantitative estimate of drug-likeness (QED) is 0.504. The van der Waals surface area contributed by atoms with Gasteiger partial charge in [-0.3, -0.25) is 14.4 Å². The Bertz CT molecular complexity index is 903. The van der Waals surface area contributed by atoms with Crippen LogP contribution in [0.5, 0.6) is 0 Å². The summed E-state index contributed by atoms with van der Waals surface area (Å²) in [6, 6.07) is 6.77. The molecule has 1 aromatic heterocycles. The lowest BCUT2D eigenvalue weighted by Crippen LogP contribution is -2.34. The number of benzene rings is 1. The highest BCUT2D eigenvalue weighted by Crippen LogP contribution is 2.42. The van der Waals surface area contributed by atoms with Crippen molar-refractivity contribution in [3.05, 3.63) is 54.1 Å². The fourth-order valence-electron chi connectivity index (χ4n) is 4.02. The van der Waals surface area contributed by atoms with Crippen LogP contribution in [0.2, 0.25) is 0 Å². The maximum absolute atomic E-state index is 12.8. The first kappa shape index (κ1) is 22.7. The van der Waals surface area contributed by atoms with Crippen molar-refractivity contribution < 1.29 is 14.4 Å². The van der Waals surface area contributed by atoms with E-state index in [2.05, 4.69) is 27.5 Å². The Morgan fingerprint density at radius 2 is 1.71 bits per heavy atom. The topological polar surface area (TPSA) is 100 Å². The number of thiazole rings is 1. The van der Waals surface area contributed by atoms with E-state index < -0.39 is 0 Å². The molecule has 3 rings (SSSR count). The monoisotopic (exact) mass is 440 g/mol. The number of carbonyl (C=O) groups excluding carboxylic acids is 3. The minimum atomic E-state index is -0.339. The minimum Gasteiger partial charge on any atom is -0.349 e. The molecule has 7 nitrogen and oxygen atoms in total. The zero-order valence-corrected chi connectivity index (χ0v) is 18.3. The van der Waals surface area contributed by atoms with Crippen LogP contribution in [0.4, 0.5) is 10.8 Å². The van der Waals surface area contributed by atoms with Gasteiger partial charge in [0.15, 0.2) is 5.13 Å². The summed E-state index contributed by atoms with van der Waals surface area (Å²) in [7, 11) is 0. The Morgan fingerprint density at radius 1 is 1.03 bits per heavy atom. The average Bonchev–Trinajstić information content (AvgIpc) is 3.25. The van der Waals surface area contributed by atoms with Crippen LogP contribution in [0.1, 0.15) is 55.3 Å². The van der Waals surface area contributed by atoms with Gasteiger partial charge in [-0.15, -0.1) is 17.9 Å². The summed E-state index contributed by atoms with van der Waals surface area (Å²) in [6.07, 6.45) is 8.75. The van der Waals surface area contributed by atoms with Crippen LogP contribution >= 0.6 is 11.3 Å². The van der Waals surface area contributed by atoms with Crippen molar-refractivity contribution in [2.24, 2.45) is 5.41 Å². The third-order valence-electron chi connectivity index (χ3n) is 5.50. The van der Waals surface area contributed by atoms with Gasteiger partial charge in [-0.25, -0.2) is 4.98 Å². The summed E-state index contributed by atoms with van der Waals surface area (Å²) >= 11 is 1.38. The van der Waals surface area contributed by atoms with Crippen molar-refractivity contribution in [3.63, 3.8) is 0 Å². The van der Waals surface area contributed by atoms with Gasteiger partial charge < -0.3 is 16.0 Å². The SMILES string of the molecule is C=CCNC(=O)c1ccc(NC(=O)CC2(CC(=O)Nc3nccs3)CCCCC2)cc1. The number of nitrogens with one attached hydrogen (secondary N) is 3. The highest BCUT2D eigenvalue weighted by Gasteiger charge is 2.36. The number of anilines is 2. The Labute approximate surface area is 186 Å². The highest BCUT2D eigenvalue weighted by atomic mass is 32.1. The van der Waals surface area contributed by atoms with Crippen molar-refractivity contribution >= 4 is 39.9 Å². The molecule has 0 bridgehead atoms. The zero-order chi connectivity index (χ0) is 22.1. The van der Waals surface area contributed by atoms with E-state index in [1.54, 1.807) is 36.5 Å². The van der Waals surface area contributed by atoms with Crippen LogP contribution in [0, 0.1) is 5.41 Å². The van der Waals surface area contributed by atoms with Crippen LogP contribution in [-0.4, -0.2) is 29.3 Å². The second-order valence-electron chi connectivity index (χ2n) is 7.92. The summed E-state index contributed by atoms with van der Waals surface area (Å²) in [6.45, 7) is 3.97. The van der Waals surface area contributed by atoms with Crippen molar-refractivity contribution in [2.75, 3.05) is 17.2 Å². The van der Waals surface area contributed by atoms with Crippen LogP contribution < -0.4 is 16.0 Å². The lowest BCUT2D eigenvalue weighted by molar-refractivity contribution is -0.122. The molecular weight excluding hydrogens is 412 g/mol. The minimum absolute atomic E-state index is 0.0976. The predicted molar refractivity (Wildman–Crippen MR) is 123 cm³/mol. The van der Waals surface area contributed by atoms with E-state index >= 15 is 0 Å². The second-order valence-corrected chi connectivity index (χ2v) is 8.82. The van der Waals surface area contributed by atoms with Crippen molar-refractivity contribution in [3.8, 4) is 0 Å². The number of rotatable bonds is 9. The Kier molecular flexibility index (Phi) is 7.94. The molecule has 0 unspecified atom stereocenters. The van der Waals surface area contributed by atoms with E-state index in [-0.39, 0.29) is 23.1 Å². The molecule has 3 amide bonds. The average molecular weight is 441 g/mol. The molecule has 1 heterocycles. The van der Waals surface area contributed by atoms with Gasteiger partial charge in [0.2, 0.25) is 11.8 Å². The van der Waals surface area contributed by atoms with Crippen molar-refractivity contribution in [1.29, 1.82) is 0 Å². The van der Waals surface area contributed by atoms with Gasteiger partial charge in [-0.2, -0.15) is 0 Å². The van der Waals surface area contributed by atoms with E-state index in [0.29, 0.717) is 35.8 Å². The molecule has 1 aliphatic rings. The van der Waals surface area contributed by atoms with Crippen molar-refractivity contribution in [1.82, 2.24) is 10.3 Å². The summed E-state index contributed by atoms with van der Waals surface area (Å²) in [4.78, 5) is 41.4. The number of carbonyl (C=O) groups is 3. The van der Waals surface area contributed by atoms with Crippen LogP contribution in [0.3, 0.4) is 0 Å². The van der Waals surface area contributed by atoms with E-state index in [1.807, 2.05) is 5.38 Å². The van der Waals surface area contributed by atoms with Gasteiger partial charge in [0.05, 0.1) is 0 Å². The normalized spacial score (nSPS) is 15.0. The first-order chi connectivity index (χ1) is 15.0. The molecule has 1 saturated carbocycles. The van der Waals surface area contributed by atoms with Crippen LogP contribution in [0.15, 0.2) is 48.5 Å². The van der Waals surface area contributed by atoms with Gasteiger partial charge >= 0.3 is 0 Å². The lowest BCUT2D eigenvalue weighted by atomic mass is 9.69. The van der Waals surface area contributed by atoms with Crippen LogP contribution in [-0.2, 0) is 9.59 Å².